The van der Waals surface area contributed by atoms with Gasteiger partial charge in [-0.1, -0.05) is 18.2 Å². The summed E-state index contributed by atoms with van der Waals surface area (Å²) < 4.78 is 5.21. The fourth-order valence-electron chi connectivity index (χ4n) is 1.60. The molecule has 1 amide bonds. The van der Waals surface area contributed by atoms with Crippen LogP contribution in [0.1, 0.15) is 5.56 Å². The van der Waals surface area contributed by atoms with Crippen molar-refractivity contribution >= 4 is 23.5 Å². The Morgan fingerprint density at radius 1 is 1.11 bits per heavy atom. The molecule has 0 heterocycles. The van der Waals surface area contributed by atoms with Gasteiger partial charge in [-0.05, 0) is 49.1 Å². The summed E-state index contributed by atoms with van der Waals surface area (Å²) in [6.45, 7) is 1.93. The fourth-order valence-corrected chi connectivity index (χ4v) is 2.01. The zero-order valence-corrected chi connectivity index (χ0v) is 11.7. The van der Waals surface area contributed by atoms with Crippen molar-refractivity contribution in [3.05, 3.63) is 54.1 Å². The Labute approximate surface area is 117 Å². The summed E-state index contributed by atoms with van der Waals surface area (Å²) in [5.74, 6) is 0.531. The van der Waals surface area contributed by atoms with Crippen molar-refractivity contribution in [1.82, 2.24) is 0 Å². The van der Waals surface area contributed by atoms with Gasteiger partial charge in [-0.25, -0.2) is 4.79 Å². The Bertz CT molecular complexity index is 567. The molecule has 0 saturated carbocycles. The number of nitrogens with one attached hydrogen (secondary N) is 1. The van der Waals surface area contributed by atoms with E-state index in [1.165, 1.54) is 0 Å². The number of aryl methyl sites for hydroxylation is 1. The van der Waals surface area contributed by atoms with Gasteiger partial charge in [-0.15, -0.1) is 11.8 Å². The molecule has 2 aromatic rings. The number of carbonyl (C=O) groups is 1. The van der Waals surface area contributed by atoms with Gasteiger partial charge in [-0.2, -0.15) is 0 Å². The third-order valence-corrected chi connectivity index (χ3v) is 3.40. The summed E-state index contributed by atoms with van der Waals surface area (Å²) in [7, 11) is 0. The van der Waals surface area contributed by atoms with E-state index in [0.717, 1.165) is 16.1 Å². The Morgan fingerprint density at radius 2 is 1.79 bits per heavy atom. The van der Waals surface area contributed by atoms with Gasteiger partial charge in [0.15, 0.2) is 0 Å². The zero-order chi connectivity index (χ0) is 13.7. The molecule has 0 aliphatic rings. The van der Waals surface area contributed by atoms with Gasteiger partial charge in [0.25, 0.3) is 0 Å². The highest BCUT2D eigenvalue weighted by Crippen LogP contribution is 2.20. The SMILES string of the molecule is CSc1ccc(OC(=O)Nc2ccccc2C)cc1. The van der Waals surface area contributed by atoms with Gasteiger partial charge < -0.3 is 4.74 Å². The second-order valence-corrected chi connectivity index (χ2v) is 4.88. The number of benzene rings is 2. The highest BCUT2D eigenvalue weighted by Gasteiger charge is 2.06. The minimum absolute atomic E-state index is 0.480. The van der Waals surface area contributed by atoms with E-state index in [1.54, 1.807) is 23.9 Å². The van der Waals surface area contributed by atoms with Gasteiger partial charge >= 0.3 is 6.09 Å². The molecule has 0 fully saturated rings. The number of thioether (sulfide) groups is 1. The molecule has 0 spiro atoms. The number of rotatable bonds is 3. The first-order chi connectivity index (χ1) is 9.19. The molecular weight excluding hydrogens is 258 g/mol. The van der Waals surface area contributed by atoms with E-state index in [2.05, 4.69) is 5.32 Å². The topological polar surface area (TPSA) is 38.3 Å². The van der Waals surface area contributed by atoms with Crippen LogP contribution in [0.5, 0.6) is 5.75 Å². The number of anilines is 1. The highest BCUT2D eigenvalue weighted by atomic mass is 32.2. The van der Waals surface area contributed by atoms with Crippen LogP contribution in [-0.2, 0) is 0 Å². The molecular formula is C15H15NO2S. The van der Waals surface area contributed by atoms with Crippen LogP contribution in [-0.4, -0.2) is 12.3 Å². The largest absolute Gasteiger partial charge is 0.417 e. The fraction of sp³-hybridized carbons (Fsp3) is 0.133. The average Bonchev–Trinajstić information content (AvgIpc) is 2.42. The number of hydrogen-bond acceptors (Lipinski definition) is 3. The maximum Gasteiger partial charge on any atom is 0.417 e. The maximum absolute atomic E-state index is 11.8. The third-order valence-electron chi connectivity index (χ3n) is 2.65. The van der Waals surface area contributed by atoms with E-state index < -0.39 is 6.09 Å². The highest BCUT2D eigenvalue weighted by molar-refractivity contribution is 7.98. The van der Waals surface area contributed by atoms with E-state index in [9.17, 15) is 4.79 Å². The first kappa shape index (κ1) is 13.5. The maximum atomic E-state index is 11.8. The smallest absolute Gasteiger partial charge is 0.410 e. The lowest BCUT2D eigenvalue weighted by molar-refractivity contribution is 0.215. The summed E-state index contributed by atoms with van der Waals surface area (Å²) in [4.78, 5) is 12.9. The quantitative estimate of drug-likeness (QED) is 0.846. The minimum atomic E-state index is -0.480. The van der Waals surface area contributed by atoms with E-state index >= 15 is 0 Å². The number of hydrogen-bond donors (Lipinski definition) is 1. The van der Waals surface area contributed by atoms with Gasteiger partial charge in [-0.3, -0.25) is 5.32 Å². The summed E-state index contributed by atoms with van der Waals surface area (Å²) >= 11 is 1.64. The van der Waals surface area contributed by atoms with Crippen molar-refractivity contribution < 1.29 is 9.53 Å². The lowest BCUT2D eigenvalue weighted by Crippen LogP contribution is -2.17. The Balaban J connectivity index is 1.99. The van der Waals surface area contributed by atoms with Gasteiger partial charge in [0.2, 0.25) is 0 Å². The van der Waals surface area contributed by atoms with Crippen molar-refractivity contribution in [3.8, 4) is 5.75 Å². The van der Waals surface area contributed by atoms with E-state index in [1.807, 2.05) is 49.6 Å². The van der Waals surface area contributed by atoms with Crippen LogP contribution < -0.4 is 10.1 Å². The first-order valence-corrected chi connectivity index (χ1v) is 7.10. The summed E-state index contributed by atoms with van der Waals surface area (Å²) in [5, 5.41) is 2.72. The van der Waals surface area contributed by atoms with Gasteiger partial charge in [0.1, 0.15) is 5.75 Å². The molecule has 0 radical (unpaired) electrons. The normalized spacial score (nSPS) is 10.0. The van der Waals surface area contributed by atoms with Crippen LogP contribution in [0.25, 0.3) is 0 Å². The Hall–Kier alpha value is -1.94. The first-order valence-electron chi connectivity index (χ1n) is 5.87. The van der Waals surface area contributed by atoms with Crippen LogP contribution in [0.15, 0.2) is 53.4 Å². The van der Waals surface area contributed by atoms with Gasteiger partial charge in [0, 0.05) is 10.6 Å². The molecule has 2 rings (SSSR count). The molecule has 0 aromatic heterocycles. The summed E-state index contributed by atoms with van der Waals surface area (Å²) in [5.41, 5.74) is 1.76. The standard InChI is InChI=1S/C15H15NO2S/c1-11-5-3-4-6-14(11)16-15(17)18-12-7-9-13(19-2)10-8-12/h3-10H,1-2H3,(H,16,17). The molecule has 0 atom stereocenters. The zero-order valence-electron chi connectivity index (χ0n) is 10.8. The van der Waals surface area contributed by atoms with Crippen LogP contribution in [0.4, 0.5) is 10.5 Å². The molecule has 1 N–H and O–H groups in total. The molecule has 2 aromatic carbocycles. The molecule has 0 aliphatic carbocycles. The lowest BCUT2D eigenvalue weighted by atomic mass is 10.2. The second-order valence-electron chi connectivity index (χ2n) is 4.00. The molecule has 3 nitrogen and oxygen atoms in total. The third kappa shape index (κ3) is 3.76. The van der Waals surface area contributed by atoms with E-state index in [-0.39, 0.29) is 0 Å². The Kier molecular flexibility index (Phi) is 4.47. The molecule has 0 aliphatic heterocycles. The van der Waals surface area contributed by atoms with Crippen LogP contribution in [0.2, 0.25) is 0 Å². The number of carbonyl (C=O) groups excluding carboxylic acids is 1. The predicted molar refractivity (Wildman–Crippen MR) is 79.0 cm³/mol. The van der Waals surface area contributed by atoms with Crippen molar-refractivity contribution in [2.45, 2.75) is 11.8 Å². The molecule has 0 bridgehead atoms. The molecule has 0 unspecified atom stereocenters. The number of ether oxygens (including phenoxy) is 1. The van der Waals surface area contributed by atoms with Crippen LogP contribution >= 0.6 is 11.8 Å². The predicted octanol–water partition coefficient (Wildman–Crippen LogP) is 4.33. The number of para-hydroxylation sites is 1. The summed E-state index contributed by atoms with van der Waals surface area (Å²) in [6.07, 6.45) is 1.52. The Morgan fingerprint density at radius 3 is 2.42 bits per heavy atom. The average molecular weight is 273 g/mol. The van der Waals surface area contributed by atoms with E-state index in [0.29, 0.717) is 5.75 Å². The lowest BCUT2D eigenvalue weighted by Gasteiger charge is -2.08. The monoisotopic (exact) mass is 273 g/mol. The number of amides is 1. The summed E-state index contributed by atoms with van der Waals surface area (Å²) in [6, 6.07) is 15.0. The van der Waals surface area contributed by atoms with Crippen molar-refractivity contribution in [1.29, 1.82) is 0 Å². The van der Waals surface area contributed by atoms with Gasteiger partial charge in [0.05, 0.1) is 0 Å². The minimum Gasteiger partial charge on any atom is -0.410 e. The van der Waals surface area contributed by atoms with Crippen molar-refractivity contribution in [2.24, 2.45) is 0 Å². The molecule has 19 heavy (non-hydrogen) atoms. The van der Waals surface area contributed by atoms with Crippen LogP contribution in [0.3, 0.4) is 0 Å². The molecule has 0 saturated heterocycles. The van der Waals surface area contributed by atoms with Crippen LogP contribution in [0, 0.1) is 6.92 Å². The second kappa shape index (κ2) is 6.29. The van der Waals surface area contributed by atoms with Crippen molar-refractivity contribution in [3.63, 3.8) is 0 Å². The molecule has 98 valence electrons. The molecule has 4 heteroatoms. The van der Waals surface area contributed by atoms with E-state index in [4.69, 9.17) is 4.74 Å². The van der Waals surface area contributed by atoms with Crippen molar-refractivity contribution in [2.75, 3.05) is 11.6 Å².